The molecule has 0 N–H and O–H groups in total. The fraction of sp³-hybridized carbons (Fsp3) is 0.538. The van der Waals surface area contributed by atoms with Crippen LogP contribution in [0.4, 0.5) is 0 Å². The first-order chi connectivity index (χ1) is 12.6. The van der Waals surface area contributed by atoms with Gasteiger partial charge in [-0.1, -0.05) is 102 Å². The van der Waals surface area contributed by atoms with Gasteiger partial charge in [0, 0.05) is 4.47 Å². The topological polar surface area (TPSA) is 0 Å². The van der Waals surface area contributed by atoms with E-state index in [1.54, 1.807) is 0 Å². The summed E-state index contributed by atoms with van der Waals surface area (Å²) in [6.07, 6.45) is 2.38. The molecule has 0 heterocycles. The van der Waals surface area contributed by atoms with Crippen LogP contribution in [0.1, 0.15) is 89.5 Å². The van der Waals surface area contributed by atoms with Crippen LogP contribution in [0.2, 0.25) is 0 Å². The average molecular weight is 432 g/mol. The van der Waals surface area contributed by atoms with E-state index in [1.165, 1.54) is 39.6 Å². The van der Waals surface area contributed by atoms with E-state index in [0.717, 1.165) is 11.8 Å². The molecular formula is C26H39Br. The molecule has 2 rings (SSSR count). The molecule has 0 aromatic heterocycles. The second kappa shape index (κ2) is 11.7. The van der Waals surface area contributed by atoms with Gasteiger partial charge in [-0.25, -0.2) is 0 Å². The van der Waals surface area contributed by atoms with Gasteiger partial charge in [0.2, 0.25) is 0 Å². The van der Waals surface area contributed by atoms with Crippen LogP contribution in [0.15, 0.2) is 46.9 Å². The van der Waals surface area contributed by atoms with Crippen molar-refractivity contribution < 1.29 is 0 Å². The molecule has 1 heteroatoms. The molecular weight excluding hydrogens is 392 g/mol. The van der Waals surface area contributed by atoms with Gasteiger partial charge in [-0.3, -0.25) is 0 Å². The van der Waals surface area contributed by atoms with Crippen LogP contribution in [0.3, 0.4) is 0 Å². The van der Waals surface area contributed by atoms with Crippen LogP contribution in [0, 0.1) is 11.8 Å². The molecule has 0 saturated carbocycles. The lowest BCUT2D eigenvalue weighted by atomic mass is 9.92. The summed E-state index contributed by atoms with van der Waals surface area (Å²) in [5, 5.41) is 0. The second-order valence-electron chi connectivity index (χ2n) is 9.05. The van der Waals surface area contributed by atoms with E-state index in [9.17, 15) is 0 Å². The molecule has 2 aromatic carbocycles. The molecule has 0 amide bonds. The maximum atomic E-state index is 3.53. The largest absolute Gasteiger partial charge is 0.0625 e. The molecule has 0 saturated heterocycles. The summed E-state index contributed by atoms with van der Waals surface area (Å²) in [6.45, 7) is 18.1. The molecule has 27 heavy (non-hydrogen) atoms. The summed E-state index contributed by atoms with van der Waals surface area (Å²) in [6, 6.07) is 15.4. The van der Waals surface area contributed by atoms with E-state index < -0.39 is 0 Å². The fourth-order valence-electron chi connectivity index (χ4n) is 3.45. The summed E-state index contributed by atoms with van der Waals surface area (Å²) >= 11 is 3.53. The van der Waals surface area contributed by atoms with E-state index in [0.29, 0.717) is 11.8 Å². The fourth-order valence-corrected chi connectivity index (χ4v) is 3.83. The number of halogens is 1. The lowest BCUT2D eigenvalue weighted by molar-refractivity contribution is 0.638. The first-order valence-corrected chi connectivity index (χ1v) is 11.3. The van der Waals surface area contributed by atoms with Gasteiger partial charge in [0.1, 0.15) is 0 Å². The zero-order valence-corrected chi connectivity index (χ0v) is 20.2. The maximum Gasteiger partial charge on any atom is 0.0178 e. The first-order valence-electron chi connectivity index (χ1n) is 10.5. The zero-order valence-electron chi connectivity index (χ0n) is 18.6. The monoisotopic (exact) mass is 430 g/mol. The summed E-state index contributed by atoms with van der Waals surface area (Å²) < 4.78 is 1.19. The van der Waals surface area contributed by atoms with E-state index >= 15 is 0 Å². The van der Waals surface area contributed by atoms with E-state index in [1.807, 2.05) is 0 Å². The Labute approximate surface area is 176 Å². The van der Waals surface area contributed by atoms with E-state index in [-0.39, 0.29) is 0 Å². The minimum Gasteiger partial charge on any atom is -0.0625 e. The highest BCUT2D eigenvalue weighted by atomic mass is 79.9. The third-order valence-electron chi connectivity index (χ3n) is 4.66. The lowest BCUT2D eigenvalue weighted by Crippen LogP contribution is -2.00. The minimum atomic E-state index is 0.612. The normalized spacial score (nSPS) is 11.3. The van der Waals surface area contributed by atoms with Crippen molar-refractivity contribution in [2.45, 2.75) is 80.1 Å². The van der Waals surface area contributed by atoms with Crippen molar-refractivity contribution in [3.63, 3.8) is 0 Å². The first kappa shape index (κ1) is 24.0. The van der Waals surface area contributed by atoms with Crippen LogP contribution < -0.4 is 0 Å². The van der Waals surface area contributed by atoms with Gasteiger partial charge in [0.25, 0.3) is 0 Å². The molecule has 0 aliphatic carbocycles. The molecule has 0 aliphatic heterocycles. The Morgan fingerprint density at radius 2 is 1.11 bits per heavy atom. The number of benzene rings is 2. The Bertz CT molecular complexity index is 680. The summed E-state index contributed by atoms with van der Waals surface area (Å²) in [5.74, 6) is 2.74. The highest BCUT2D eigenvalue weighted by Gasteiger charge is 2.08. The van der Waals surface area contributed by atoms with Crippen LogP contribution >= 0.6 is 15.9 Å². The van der Waals surface area contributed by atoms with Gasteiger partial charge in [-0.05, 0) is 70.9 Å². The smallest absolute Gasteiger partial charge is 0.0178 e. The number of rotatable bonds is 6. The number of hydrogen-bond acceptors (Lipinski definition) is 0. The van der Waals surface area contributed by atoms with Crippen LogP contribution in [0.25, 0.3) is 0 Å². The molecule has 0 aliphatic rings. The van der Waals surface area contributed by atoms with Crippen molar-refractivity contribution in [1.29, 1.82) is 0 Å². The Hall–Kier alpha value is -1.08. The average Bonchev–Trinajstić information content (AvgIpc) is 2.56. The molecule has 0 unspecified atom stereocenters. The molecule has 0 spiro atoms. The molecule has 0 radical (unpaired) electrons. The Balaban J connectivity index is 0.000000271. The quantitative estimate of drug-likeness (QED) is 0.429. The molecule has 0 atom stereocenters. The number of hydrogen-bond donors (Lipinski definition) is 0. The predicted octanol–water partition coefficient (Wildman–Crippen LogP) is 8.78. The molecule has 0 fully saturated rings. The van der Waals surface area contributed by atoms with Gasteiger partial charge in [-0.15, -0.1) is 0 Å². The van der Waals surface area contributed by atoms with Crippen molar-refractivity contribution in [2.24, 2.45) is 11.8 Å². The van der Waals surface area contributed by atoms with Crippen molar-refractivity contribution in [3.8, 4) is 0 Å². The van der Waals surface area contributed by atoms with Crippen LogP contribution in [-0.4, -0.2) is 0 Å². The third kappa shape index (κ3) is 8.64. The lowest BCUT2D eigenvalue weighted by Gasteiger charge is -2.14. The van der Waals surface area contributed by atoms with Gasteiger partial charge in [-0.2, -0.15) is 0 Å². The van der Waals surface area contributed by atoms with E-state index in [2.05, 4.69) is 114 Å². The highest BCUT2D eigenvalue weighted by molar-refractivity contribution is 9.10. The molecule has 0 nitrogen and oxygen atoms in total. The standard InChI is InChI=1S/C13H19Br.C13H20/c1-9(2)7-11-5-6-12(14)8-13(11)10(3)4;1-10(2)9-12-7-5-6-8-13(12)11(3)4/h5-6,8-10H,7H2,1-4H3;5-8,10-11H,9H2,1-4H3. The maximum absolute atomic E-state index is 3.53. The van der Waals surface area contributed by atoms with E-state index in [4.69, 9.17) is 0 Å². The van der Waals surface area contributed by atoms with Crippen LogP contribution in [0.5, 0.6) is 0 Å². The highest BCUT2D eigenvalue weighted by Crippen LogP contribution is 2.25. The van der Waals surface area contributed by atoms with Crippen molar-refractivity contribution >= 4 is 15.9 Å². The summed E-state index contributed by atoms with van der Waals surface area (Å²) in [7, 11) is 0. The molecule has 0 bridgehead atoms. The minimum absolute atomic E-state index is 0.612. The van der Waals surface area contributed by atoms with Gasteiger partial charge >= 0.3 is 0 Å². The summed E-state index contributed by atoms with van der Waals surface area (Å²) in [4.78, 5) is 0. The Kier molecular flexibility index (Phi) is 10.4. The van der Waals surface area contributed by atoms with Gasteiger partial charge < -0.3 is 0 Å². The van der Waals surface area contributed by atoms with Gasteiger partial charge in [0.15, 0.2) is 0 Å². The Morgan fingerprint density at radius 3 is 1.59 bits per heavy atom. The molecule has 150 valence electrons. The predicted molar refractivity (Wildman–Crippen MR) is 126 cm³/mol. The summed E-state index contributed by atoms with van der Waals surface area (Å²) in [5.41, 5.74) is 6.01. The molecule has 2 aromatic rings. The van der Waals surface area contributed by atoms with Gasteiger partial charge in [0.05, 0.1) is 0 Å². The van der Waals surface area contributed by atoms with Crippen molar-refractivity contribution in [3.05, 3.63) is 69.2 Å². The van der Waals surface area contributed by atoms with Crippen molar-refractivity contribution in [1.82, 2.24) is 0 Å². The Morgan fingerprint density at radius 1 is 0.630 bits per heavy atom. The second-order valence-corrected chi connectivity index (χ2v) is 9.96. The SMILES string of the molecule is CC(C)Cc1ccc(Br)cc1C(C)C.CC(C)Cc1ccccc1C(C)C. The third-order valence-corrected chi connectivity index (χ3v) is 5.16. The van der Waals surface area contributed by atoms with Crippen LogP contribution in [-0.2, 0) is 12.8 Å². The zero-order chi connectivity index (χ0) is 20.6. The van der Waals surface area contributed by atoms with Crippen molar-refractivity contribution in [2.75, 3.05) is 0 Å².